The molecule has 0 N–H and O–H groups in total. The third-order valence-corrected chi connectivity index (χ3v) is 4.59. The summed E-state index contributed by atoms with van der Waals surface area (Å²) in [5.41, 5.74) is 0.909. The molecular weight excluding hydrogens is 281 g/mol. The molecule has 4 heteroatoms. The van der Waals surface area contributed by atoms with Gasteiger partial charge in [0.1, 0.15) is 5.82 Å². The number of halogens is 1. The van der Waals surface area contributed by atoms with Crippen LogP contribution in [0.4, 0.5) is 4.39 Å². The van der Waals surface area contributed by atoms with Crippen LogP contribution in [0.15, 0.2) is 30.5 Å². The van der Waals surface area contributed by atoms with Crippen LogP contribution in [0.1, 0.15) is 44.6 Å². The molecule has 1 aliphatic carbocycles. The Morgan fingerprint density at radius 1 is 1.27 bits per heavy atom. The van der Waals surface area contributed by atoms with Gasteiger partial charge in [-0.15, -0.1) is 0 Å². The Balaban J connectivity index is 2.19. The summed E-state index contributed by atoms with van der Waals surface area (Å²) >= 11 is 0. The largest absolute Gasteiger partial charge is 0.465 e. The van der Waals surface area contributed by atoms with Gasteiger partial charge in [0.2, 0.25) is 0 Å². The molecule has 1 saturated carbocycles. The topological polar surface area (TPSA) is 39.2 Å². The number of fused-ring (bicyclic) bond motifs is 1. The van der Waals surface area contributed by atoms with E-state index in [0.717, 1.165) is 43.1 Å². The highest BCUT2D eigenvalue weighted by atomic mass is 19.1. The van der Waals surface area contributed by atoms with Crippen molar-refractivity contribution < 1.29 is 13.9 Å². The standard InChI is InChI=1S/C18H20FNO2/c1-2-22-17(21)18(9-4-3-5-10-18)15-8-11-20-16-7-6-13(19)12-14(15)16/h6-8,11-12H,2-5,9-10H2,1H3. The van der Waals surface area contributed by atoms with Gasteiger partial charge in [0, 0.05) is 11.6 Å². The molecule has 3 nitrogen and oxygen atoms in total. The smallest absolute Gasteiger partial charge is 0.316 e. The van der Waals surface area contributed by atoms with Crippen LogP contribution < -0.4 is 0 Å². The van der Waals surface area contributed by atoms with Gasteiger partial charge in [-0.2, -0.15) is 0 Å². The van der Waals surface area contributed by atoms with Crippen molar-refractivity contribution >= 4 is 16.9 Å². The Bertz CT molecular complexity index is 693. The SMILES string of the molecule is CCOC(=O)C1(c2ccnc3ccc(F)cc23)CCCCC1. The van der Waals surface area contributed by atoms with Crippen molar-refractivity contribution in [3.05, 3.63) is 41.8 Å². The molecule has 0 atom stereocenters. The minimum atomic E-state index is -0.663. The van der Waals surface area contributed by atoms with E-state index in [0.29, 0.717) is 12.1 Å². The zero-order chi connectivity index (χ0) is 15.6. The number of pyridine rings is 1. The van der Waals surface area contributed by atoms with Crippen LogP contribution in [-0.4, -0.2) is 17.6 Å². The molecule has 2 aromatic rings. The summed E-state index contributed by atoms with van der Waals surface area (Å²) in [7, 11) is 0. The molecule has 0 bridgehead atoms. The quantitative estimate of drug-likeness (QED) is 0.800. The maximum Gasteiger partial charge on any atom is 0.316 e. The molecule has 1 aliphatic rings. The fraction of sp³-hybridized carbons (Fsp3) is 0.444. The zero-order valence-electron chi connectivity index (χ0n) is 12.8. The zero-order valence-corrected chi connectivity index (χ0v) is 12.8. The van der Waals surface area contributed by atoms with E-state index >= 15 is 0 Å². The second-order valence-electron chi connectivity index (χ2n) is 5.88. The third kappa shape index (κ3) is 2.47. The molecule has 1 heterocycles. The van der Waals surface area contributed by atoms with Gasteiger partial charge in [0.25, 0.3) is 0 Å². The average molecular weight is 301 g/mol. The average Bonchev–Trinajstić information content (AvgIpc) is 2.55. The minimum absolute atomic E-state index is 0.188. The predicted octanol–water partition coefficient (Wildman–Crippen LogP) is 4.14. The molecule has 1 aromatic carbocycles. The molecule has 116 valence electrons. The highest BCUT2D eigenvalue weighted by molar-refractivity contribution is 5.92. The van der Waals surface area contributed by atoms with Gasteiger partial charge in [-0.25, -0.2) is 4.39 Å². The number of rotatable bonds is 3. The number of benzene rings is 1. The first-order valence-corrected chi connectivity index (χ1v) is 7.89. The van der Waals surface area contributed by atoms with Crippen LogP contribution in [-0.2, 0) is 14.9 Å². The van der Waals surface area contributed by atoms with E-state index in [9.17, 15) is 9.18 Å². The van der Waals surface area contributed by atoms with Crippen LogP contribution in [0, 0.1) is 5.82 Å². The highest BCUT2D eigenvalue weighted by Crippen LogP contribution is 2.43. The number of aromatic nitrogens is 1. The van der Waals surface area contributed by atoms with Crippen LogP contribution in [0.25, 0.3) is 10.9 Å². The molecule has 0 amide bonds. The Labute approximate surface area is 129 Å². The fourth-order valence-corrected chi connectivity index (χ4v) is 3.54. The lowest BCUT2D eigenvalue weighted by Gasteiger charge is -2.36. The van der Waals surface area contributed by atoms with Gasteiger partial charge >= 0.3 is 5.97 Å². The summed E-state index contributed by atoms with van der Waals surface area (Å²) in [5, 5.41) is 0.720. The first kappa shape index (κ1) is 14.9. The summed E-state index contributed by atoms with van der Waals surface area (Å²) in [4.78, 5) is 17.0. The molecule has 0 unspecified atom stereocenters. The fourth-order valence-electron chi connectivity index (χ4n) is 3.54. The summed E-state index contributed by atoms with van der Waals surface area (Å²) in [5.74, 6) is -0.497. The number of nitrogens with zero attached hydrogens (tertiary/aromatic N) is 1. The van der Waals surface area contributed by atoms with E-state index in [2.05, 4.69) is 4.98 Å². The molecule has 22 heavy (non-hydrogen) atoms. The molecule has 0 saturated heterocycles. The first-order valence-electron chi connectivity index (χ1n) is 7.89. The van der Waals surface area contributed by atoms with E-state index in [4.69, 9.17) is 4.74 Å². The number of esters is 1. The van der Waals surface area contributed by atoms with E-state index in [1.54, 1.807) is 12.3 Å². The number of carbonyl (C=O) groups is 1. The molecular formula is C18H20FNO2. The van der Waals surface area contributed by atoms with Gasteiger partial charge in [-0.3, -0.25) is 9.78 Å². The number of ether oxygens (including phenoxy) is 1. The monoisotopic (exact) mass is 301 g/mol. The van der Waals surface area contributed by atoms with E-state index < -0.39 is 5.41 Å². The molecule has 0 spiro atoms. The van der Waals surface area contributed by atoms with Crippen LogP contribution in [0.5, 0.6) is 0 Å². The number of hydrogen-bond acceptors (Lipinski definition) is 3. The van der Waals surface area contributed by atoms with Gasteiger partial charge in [0.05, 0.1) is 17.5 Å². The van der Waals surface area contributed by atoms with E-state index in [-0.39, 0.29) is 11.8 Å². The molecule has 0 aliphatic heterocycles. The predicted molar refractivity (Wildman–Crippen MR) is 83.1 cm³/mol. The van der Waals surface area contributed by atoms with Crippen molar-refractivity contribution in [2.45, 2.75) is 44.4 Å². The lowest BCUT2D eigenvalue weighted by atomic mass is 9.68. The van der Waals surface area contributed by atoms with Crippen LogP contribution in [0.3, 0.4) is 0 Å². The number of hydrogen-bond donors (Lipinski definition) is 0. The first-order chi connectivity index (χ1) is 10.7. The van der Waals surface area contributed by atoms with E-state index in [1.165, 1.54) is 12.1 Å². The Morgan fingerprint density at radius 3 is 2.77 bits per heavy atom. The molecule has 1 fully saturated rings. The van der Waals surface area contributed by atoms with Crippen molar-refractivity contribution in [2.75, 3.05) is 6.61 Å². The van der Waals surface area contributed by atoms with Crippen molar-refractivity contribution in [3.63, 3.8) is 0 Å². The summed E-state index contributed by atoms with van der Waals surface area (Å²) in [6.45, 7) is 2.18. The van der Waals surface area contributed by atoms with E-state index in [1.807, 2.05) is 13.0 Å². The van der Waals surface area contributed by atoms with Crippen LogP contribution in [0.2, 0.25) is 0 Å². The Hall–Kier alpha value is -1.97. The van der Waals surface area contributed by atoms with Crippen molar-refractivity contribution in [2.24, 2.45) is 0 Å². The summed E-state index contributed by atoms with van der Waals surface area (Å²) in [6, 6.07) is 6.39. The lowest BCUT2D eigenvalue weighted by Crippen LogP contribution is -2.39. The van der Waals surface area contributed by atoms with Crippen molar-refractivity contribution in [1.29, 1.82) is 0 Å². The molecule has 3 rings (SSSR count). The van der Waals surface area contributed by atoms with Gasteiger partial charge < -0.3 is 4.74 Å². The minimum Gasteiger partial charge on any atom is -0.465 e. The van der Waals surface area contributed by atoms with Crippen LogP contribution >= 0.6 is 0 Å². The van der Waals surface area contributed by atoms with Gasteiger partial charge in [0.15, 0.2) is 0 Å². The van der Waals surface area contributed by atoms with Crippen molar-refractivity contribution in [1.82, 2.24) is 4.98 Å². The maximum atomic E-state index is 13.7. The summed E-state index contributed by atoms with van der Waals surface area (Å²) < 4.78 is 19.1. The second-order valence-corrected chi connectivity index (χ2v) is 5.88. The highest BCUT2D eigenvalue weighted by Gasteiger charge is 2.43. The molecule has 1 aromatic heterocycles. The van der Waals surface area contributed by atoms with Crippen molar-refractivity contribution in [3.8, 4) is 0 Å². The second kappa shape index (κ2) is 6.03. The summed E-state index contributed by atoms with van der Waals surface area (Å²) in [6.07, 6.45) is 6.29. The third-order valence-electron chi connectivity index (χ3n) is 4.59. The Kier molecular flexibility index (Phi) is 4.10. The number of carbonyl (C=O) groups excluding carboxylic acids is 1. The maximum absolute atomic E-state index is 13.7. The van der Waals surface area contributed by atoms with Gasteiger partial charge in [-0.1, -0.05) is 19.3 Å². The Morgan fingerprint density at radius 2 is 2.05 bits per heavy atom. The molecule has 0 radical (unpaired) electrons. The normalized spacial score (nSPS) is 17.4. The lowest BCUT2D eigenvalue weighted by molar-refractivity contribution is -0.151. The van der Waals surface area contributed by atoms with Gasteiger partial charge in [-0.05, 0) is 49.6 Å².